The summed E-state index contributed by atoms with van der Waals surface area (Å²) in [5.74, 6) is -0.155. The summed E-state index contributed by atoms with van der Waals surface area (Å²) in [6, 6.07) is 9.78. The molecule has 2 aromatic carbocycles. The van der Waals surface area contributed by atoms with E-state index in [1.54, 1.807) is 25.1 Å². The average Bonchev–Trinajstić information content (AvgIpc) is 3.19. The first kappa shape index (κ1) is 24.9. The lowest BCUT2D eigenvalue weighted by Gasteiger charge is -2.20. The second-order valence-electron chi connectivity index (χ2n) is 7.28. The summed E-state index contributed by atoms with van der Waals surface area (Å²) in [4.78, 5) is 22.5. The number of hydrazone groups is 1. The fourth-order valence-corrected chi connectivity index (χ4v) is 3.88. The van der Waals surface area contributed by atoms with Gasteiger partial charge in [0.05, 0.1) is 40.9 Å². The Kier molecular flexibility index (Phi) is 8.58. The van der Waals surface area contributed by atoms with Crippen LogP contribution >= 0.6 is 22.6 Å². The van der Waals surface area contributed by atoms with E-state index in [1.807, 2.05) is 13.0 Å². The highest BCUT2D eigenvalue weighted by molar-refractivity contribution is 14.1. The second-order valence-corrected chi connectivity index (χ2v) is 8.44. The third kappa shape index (κ3) is 7.11. The molecule has 0 saturated carbocycles. The summed E-state index contributed by atoms with van der Waals surface area (Å²) in [7, 11) is 0. The smallest absolute Gasteiger partial charge is 0.269 e. The maximum atomic E-state index is 12.1. The first-order valence-electron chi connectivity index (χ1n) is 10.2. The van der Waals surface area contributed by atoms with Crippen molar-refractivity contribution < 1.29 is 28.7 Å². The van der Waals surface area contributed by atoms with Crippen molar-refractivity contribution in [2.45, 2.75) is 32.7 Å². The lowest BCUT2D eigenvalue weighted by atomic mass is 10.2. The highest BCUT2D eigenvalue weighted by Crippen LogP contribution is 2.34. The minimum absolute atomic E-state index is 0.0245. The maximum absolute atomic E-state index is 12.1. The normalized spacial score (nSPS) is 14.9. The van der Waals surface area contributed by atoms with Gasteiger partial charge < -0.3 is 18.9 Å². The topological polar surface area (TPSA) is 122 Å². The van der Waals surface area contributed by atoms with Gasteiger partial charge in [-0.15, -0.1) is 0 Å². The Morgan fingerprint density at radius 1 is 1.27 bits per heavy atom. The van der Waals surface area contributed by atoms with Crippen molar-refractivity contribution in [1.82, 2.24) is 5.43 Å². The number of nitrogens with zero attached hydrogens (tertiary/aromatic N) is 2. The van der Waals surface area contributed by atoms with Gasteiger partial charge in [0.15, 0.2) is 17.3 Å². The second kappa shape index (κ2) is 11.4. The van der Waals surface area contributed by atoms with Crippen LogP contribution in [0.4, 0.5) is 5.69 Å². The van der Waals surface area contributed by atoms with E-state index in [0.717, 1.165) is 9.13 Å². The van der Waals surface area contributed by atoms with Crippen LogP contribution in [0, 0.1) is 13.7 Å². The molecule has 3 rings (SSSR count). The number of rotatable bonds is 10. The lowest BCUT2D eigenvalue weighted by Crippen LogP contribution is -2.33. The van der Waals surface area contributed by atoms with Gasteiger partial charge in [0.25, 0.3) is 5.69 Å². The summed E-state index contributed by atoms with van der Waals surface area (Å²) in [5.41, 5.74) is 4.00. The lowest BCUT2D eigenvalue weighted by molar-refractivity contribution is -0.384. The minimum atomic E-state index is -0.917. The van der Waals surface area contributed by atoms with Gasteiger partial charge in [0.1, 0.15) is 6.61 Å². The molecule has 0 unspecified atom stereocenters. The van der Waals surface area contributed by atoms with Crippen LogP contribution in [0.5, 0.6) is 11.5 Å². The van der Waals surface area contributed by atoms with Gasteiger partial charge in [-0.2, -0.15) is 5.10 Å². The highest BCUT2D eigenvalue weighted by Gasteiger charge is 2.33. The van der Waals surface area contributed by atoms with Gasteiger partial charge in [0.2, 0.25) is 5.91 Å². The average molecular weight is 569 g/mol. The van der Waals surface area contributed by atoms with Crippen molar-refractivity contribution in [2.24, 2.45) is 5.10 Å². The molecule has 0 spiro atoms. The number of carbonyl (C=O) groups is 1. The molecule has 1 aliphatic heterocycles. The predicted molar refractivity (Wildman–Crippen MR) is 128 cm³/mol. The van der Waals surface area contributed by atoms with Gasteiger partial charge in [-0.25, -0.2) is 5.43 Å². The van der Waals surface area contributed by atoms with E-state index in [2.05, 4.69) is 33.1 Å². The zero-order valence-corrected chi connectivity index (χ0v) is 20.4. The van der Waals surface area contributed by atoms with Gasteiger partial charge in [0, 0.05) is 12.1 Å². The molecule has 1 aliphatic rings. The number of benzene rings is 2. The van der Waals surface area contributed by atoms with Crippen LogP contribution in [0.2, 0.25) is 0 Å². The van der Waals surface area contributed by atoms with Crippen molar-refractivity contribution in [1.29, 1.82) is 0 Å². The molecule has 1 amide bonds. The molecule has 1 saturated heterocycles. The molecule has 0 radical (unpaired) electrons. The SMILES string of the molecule is CCOc1cc(/C=N\NC(=O)CC2(C)OCCO2)cc(I)c1OCc1ccc([N+](=O)[O-])cc1. The van der Waals surface area contributed by atoms with Crippen molar-refractivity contribution in [3.8, 4) is 11.5 Å². The molecular weight excluding hydrogens is 545 g/mol. The molecule has 1 heterocycles. The van der Waals surface area contributed by atoms with Gasteiger partial charge >= 0.3 is 0 Å². The number of nitro groups is 1. The van der Waals surface area contributed by atoms with Crippen LogP contribution in [0.25, 0.3) is 0 Å². The van der Waals surface area contributed by atoms with Crippen molar-refractivity contribution in [3.05, 3.63) is 61.2 Å². The molecule has 0 atom stereocenters. The Hall–Kier alpha value is -2.77. The Morgan fingerprint density at radius 2 is 1.97 bits per heavy atom. The number of hydrogen-bond acceptors (Lipinski definition) is 8. The number of carbonyl (C=O) groups excluding carboxylic acids is 1. The molecule has 10 nitrogen and oxygen atoms in total. The van der Waals surface area contributed by atoms with Crippen LogP contribution in [-0.2, 0) is 20.9 Å². The quantitative estimate of drug-likeness (QED) is 0.200. The molecule has 33 heavy (non-hydrogen) atoms. The fourth-order valence-electron chi connectivity index (χ4n) is 3.10. The van der Waals surface area contributed by atoms with Crippen LogP contribution < -0.4 is 14.9 Å². The molecule has 0 bridgehead atoms. The molecule has 1 N–H and O–H groups in total. The third-order valence-corrected chi connectivity index (χ3v) is 5.45. The van der Waals surface area contributed by atoms with E-state index in [1.165, 1.54) is 18.3 Å². The van der Waals surface area contributed by atoms with E-state index >= 15 is 0 Å². The summed E-state index contributed by atoms with van der Waals surface area (Å²) < 4.78 is 23.3. The first-order chi connectivity index (χ1) is 15.8. The van der Waals surface area contributed by atoms with Crippen molar-refractivity contribution >= 4 is 40.4 Å². The molecule has 176 valence electrons. The summed E-state index contributed by atoms with van der Waals surface area (Å²) >= 11 is 2.13. The van der Waals surface area contributed by atoms with Crippen molar-refractivity contribution in [3.63, 3.8) is 0 Å². The van der Waals surface area contributed by atoms with Crippen LogP contribution in [0.1, 0.15) is 31.4 Å². The fraction of sp³-hybridized carbons (Fsp3) is 0.364. The van der Waals surface area contributed by atoms with E-state index in [0.29, 0.717) is 36.9 Å². The zero-order valence-electron chi connectivity index (χ0n) is 18.2. The number of non-ortho nitro benzene ring substituents is 1. The molecule has 0 aromatic heterocycles. The monoisotopic (exact) mass is 569 g/mol. The van der Waals surface area contributed by atoms with Gasteiger partial charge in [-0.05, 0) is 71.8 Å². The Bertz CT molecular complexity index is 1020. The Morgan fingerprint density at radius 3 is 2.61 bits per heavy atom. The highest BCUT2D eigenvalue weighted by atomic mass is 127. The van der Waals surface area contributed by atoms with Gasteiger partial charge in [-0.1, -0.05) is 0 Å². The summed E-state index contributed by atoms with van der Waals surface area (Å²) in [6.07, 6.45) is 1.56. The number of halogens is 1. The number of hydrogen-bond donors (Lipinski definition) is 1. The zero-order chi connectivity index (χ0) is 23.8. The summed E-state index contributed by atoms with van der Waals surface area (Å²) in [5, 5.41) is 14.8. The standard InChI is InChI=1S/C22H24IN3O7/c1-3-30-19-11-16(13-24-25-20(27)12-22(2)32-8-9-33-22)10-18(23)21(19)31-14-15-4-6-17(7-5-15)26(28)29/h4-7,10-11,13H,3,8-9,12,14H2,1-2H3,(H,25,27)/b24-13-. The summed E-state index contributed by atoms with van der Waals surface area (Å²) in [6.45, 7) is 5.16. The number of amides is 1. The molecule has 0 aliphatic carbocycles. The van der Waals surface area contributed by atoms with E-state index < -0.39 is 10.7 Å². The molecule has 1 fully saturated rings. The minimum Gasteiger partial charge on any atom is -0.490 e. The molecular formula is C22H24IN3O7. The number of nitro benzene ring substituents is 1. The van der Waals surface area contributed by atoms with Crippen LogP contribution in [0.15, 0.2) is 41.5 Å². The van der Waals surface area contributed by atoms with E-state index in [-0.39, 0.29) is 24.6 Å². The largest absolute Gasteiger partial charge is 0.490 e. The van der Waals surface area contributed by atoms with Crippen LogP contribution in [-0.4, -0.2) is 42.7 Å². The first-order valence-corrected chi connectivity index (χ1v) is 11.3. The van der Waals surface area contributed by atoms with E-state index in [4.69, 9.17) is 18.9 Å². The Balaban J connectivity index is 1.65. The maximum Gasteiger partial charge on any atom is 0.269 e. The molecule has 11 heteroatoms. The molecule has 2 aromatic rings. The van der Waals surface area contributed by atoms with Crippen LogP contribution in [0.3, 0.4) is 0 Å². The van der Waals surface area contributed by atoms with E-state index in [9.17, 15) is 14.9 Å². The Labute approximate surface area is 204 Å². The van der Waals surface area contributed by atoms with Crippen molar-refractivity contribution in [2.75, 3.05) is 19.8 Å². The van der Waals surface area contributed by atoms with Gasteiger partial charge in [-0.3, -0.25) is 14.9 Å². The predicted octanol–water partition coefficient (Wildman–Crippen LogP) is 3.78. The number of ether oxygens (including phenoxy) is 4. The number of nitrogens with one attached hydrogen (secondary N) is 1. The third-order valence-electron chi connectivity index (χ3n) is 4.64.